The van der Waals surface area contributed by atoms with Crippen molar-refractivity contribution in [2.75, 3.05) is 13.1 Å². The van der Waals surface area contributed by atoms with Crippen LogP contribution in [-0.2, 0) is 18.8 Å². The number of furan rings is 1. The minimum absolute atomic E-state index is 0.262. The minimum atomic E-state index is -1.14. The Balaban J connectivity index is 1.64. The molecule has 6 heteroatoms. The van der Waals surface area contributed by atoms with Crippen molar-refractivity contribution in [2.24, 2.45) is 4.99 Å². The molecule has 0 aliphatic rings. The molecular weight excluding hydrogens is 378 g/mol. The number of benzene rings is 2. The lowest BCUT2D eigenvalue weighted by Crippen LogP contribution is -2.44. The Morgan fingerprint density at radius 3 is 2.53 bits per heavy atom. The highest BCUT2D eigenvalue weighted by molar-refractivity contribution is 5.79. The third kappa shape index (κ3) is 6.12. The van der Waals surface area contributed by atoms with Crippen LogP contribution in [0, 0.1) is 0 Å². The van der Waals surface area contributed by atoms with Crippen molar-refractivity contribution in [3.05, 3.63) is 89.9 Å². The maximum atomic E-state index is 10.6. The van der Waals surface area contributed by atoms with Crippen molar-refractivity contribution >= 4 is 5.96 Å². The predicted molar refractivity (Wildman–Crippen MR) is 118 cm³/mol. The van der Waals surface area contributed by atoms with Gasteiger partial charge in [0, 0.05) is 12.1 Å². The Morgan fingerprint density at radius 2 is 1.80 bits per heavy atom. The van der Waals surface area contributed by atoms with Gasteiger partial charge in [-0.1, -0.05) is 48.5 Å². The van der Waals surface area contributed by atoms with Gasteiger partial charge >= 0.3 is 0 Å². The quantitative estimate of drug-likeness (QED) is 0.371. The summed E-state index contributed by atoms with van der Waals surface area (Å²) >= 11 is 0. The molecular formula is C24H29N3O3. The molecule has 0 amide bonds. The van der Waals surface area contributed by atoms with Crippen LogP contribution in [0.25, 0.3) is 0 Å². The van der Waals surface area contributed by atoms with Gasteiger partial charge in [-0.25, -0.2) is 4.99 Å². The average Bonchev–Trinajstić information content (AvgIpc) is 3.32. The normalized spacial score (nSPS) is 13.5. The number of rotatable bonds is 9. The number of ether oxygens (including phenoxy) is 1. The molecule has 3 N–H and O–H groups in total. The van der Waals surface area contributed by atoms with Gasteiger partial charge in [0.05, 0.1) is 19.4 Å². The Morgan fingerprint density at radius 1 is 1.03 bits per heavy atom. The summed E-state index contributed by atoms with van der Waals surface area (Å²) in [7, 11) is 0. The summed E-state index contributed by atoms with van der Waals surface area (Å²) in [4.78, 5) is 4.66. The van der Waals surface area contributed by atoms with E-state index in [-0.39, 0.29) is 6.54 Å². The molecule has 158 valence electrons. The molecule has 0 saturated carbocycles. The van der Waals surface area contributed by atoms with Gasteiger partial charge in [0.25, 0.3) is 0 Å². The van der Waals surface area contributed by atoms with E-state index in [0.717, 1.165) is 16.9 Å². The number of hydrogen-bond acceptors (Lipinski definition) is 4. The molecule has 3 aromatic rings. The van der Waals surface area contributed by atoms with Crippen molar-refractivity contribution in [1.82, 2.24) is 10.6 Å². The van der Waals surface area contributed by atoms with Gasteiger partial charge in [-0.15, -0.1) is 0 Å². The van der Waals surface area contributed by atoms with E-state index in [1.54, 1.807) is 25.3 Å². The molecule has 30 heavy (non-hydrogen) atoms. The van der Waals surface area contributed by atoms with E-state index in [0.29, 0.717) is 31.4 Å². The predicted octanol–water partition coefficient (Wildman–Crippen LogP) is 3.82. The number of aliphatic imine (C=N–C) groups is 1. The highest BCUT2D eigenvalue weighted by Crippen LogP contribution is 2.21. The van der Waals surface area contributed by atoms with Gasteiger partial charge in [-0.05, 0) is 37.6 Å². The fourth-order valence-electron chi connectivity index (χ4n) is 2.94. The summed E-state index contributed by atoms with van der Waals surface area (Å²) < 4.78 is 11.3. The summed E-state index contributed by atoms with van der Waals surface area (Å²) in [6.45, 7) is 5.63. The third-order valence-corrected chi connectivity index (χ3v) is 4.61. The van der Waals surface area contributed by atoms with Crippen LogP contribution in [0.1, 0.15) is 30.7 Å². The second-order valence-electron chi connectivity index (χ2n) is 7.18. The van der Waals surface area contributed by atoms with Crippen LogP contribution in [-0.4, -0.2) is 24.2 Å². The number of nitrogens with one attached hydrogen (secondary N) is 2. The highest BCUT2D eigenvalue weighted by atomic mass is 16.5. The van der Waals surface area contributed by atoms with E-state index < -0.39 is 5.60 Å². The van der Waals surface area contributed by atoms with E-state index in [2.05, 4.69) is 15.6 Å². The zero-order valence-electron chi connectivity index (χ0n) is 17.5. The fraction of sp³-hybridized carbons (Fsp3) is 0.292. The summed E-state index contributed by atoms with van der Waals surface area (Å²) in [5.41, 5.74) is 0.963. The summed E-state index contributed by atoms with van der Waals surface area (Å²) in [5.74, 6) is 1.93. The molecule has 0 spiro atoms. The topological polar surface area (TPSA) is 79.0 Å². The van der Waals surface area contributed by atoms with E-state index in [1.807, 2.05) is 61.5 Å². The monoisotopic (exact) mass is 407 g/mol. The first-order chi connectivity index (χ1) is 14.6. The van der Waals surface area contributed by atoms with Gasteiger partial charge in [-0.3, -0.25) is 0 Å². The summed E-state index contributed by atoms with van der Waals surface area (Å²) in [6, 6.07) is 21.5. The number of aliphatic hydroxyl groups is 1. The van der Waals surface area contributed by atoms with Gasteiger partial charge in [-0.2, -0.15) is 0 Å². The Bertz CT molecular complexity index is 922. The molecule has 6 nitrogen and oxygen atoms in total. The molecule has 1 aromatic heterocycles. The van der Waals surface area contributed by atoms with Gasteiger partial charge < -0.3 is 24.9 Å². The number of guanidine groups is 1. The van der Waals surface area contributed by atoms with Crippen molar-refractivity contribution in [2.45, 2.75) is 32.6 Å². The number of para-hydroxylation sites is 1. The van der Waals surface area contributed by atoms with Gasteiger partial charge in [0.2, 0.25) is 0 Å². The second kappa shape index (κ2) is 10.5. The van der Waals surface area contributed by atoms with Crippen molar-refractivity contribution in [3.8, 4) is 5.75 Å². The number of hydrogen-bond donors (Lipinski definition) is 3. The molecule has 0 fully saturated rings. The minimum Gasteiger partial charge on any atom is -0.489 e. The molecule has 1 atom stereocenters. The van der Waals surface area contributed by atoms with E-state index in [4.69, 9.17) is 9.15 Å². The average molecular weight is 408 g/mol. The van der Waals surface area contributed by atoms with Crippen LogP contribution in [0.5, 0.6) is 5.75 Å². The van der Waals surface area contributed by atoms with Crippen LogP contribution in [0.2, 0.25) is 0 Å². The molecule has 2 aromatic carbocycles. The van der Waals surface area contributed by atoms with Crippen LogP contribution < -0.4 is 15.4 Å². The molecule has 1 unspecified atom stereocenters. The molecule has 0 aliphatic carbocycles. The van der Waals surface area contributed by atoms with Crippen molar-refractivity contribution in [1.29, 1.82) is 0 Å². The smallest absolute Gasteiger partial charge is 0.191 e. The lowest BCUT2D eigenvalue weighted by Gasteiger charge is -2.22. The first kappa shape index (κ1) is 21.5. The SMILES string of the molecule is CCNC(=NCc1ccccc1OCc1ccccc1)NCC(C)(O)c1ccco1. The molecule has 0 radical (unpaired) electrons. The lowest BCUT2D eigenvalue weighted by atomic mass is 10.0. The summed E-state index contributed by atoms with van der Waals surface area (Å²) in [6.07, 6.45) is 1.55. The standard InChI is InChI=1S/C24H29N3O3/c1-3-25-23(27-18-24(2,28)22-14-9-15-29-22)26-16-20-12-7-8-13-21(20)30-17-19-10-5-4-6-11-19/h4-15,28H,3,16-18H2,1-2H3,(H2,25,26,27). The fourth-order valence-corrected chi connectivity index (χ4v) is 2.94. The Labute approximate surface area is 177 Å². The van der Waals surface area contributed by atoms with Crippen LogP contribution >= 0.6 is 0 Å². The second-order valence-corrected chi connectivity index (χ2v) is 7.18. The maximum Gasteiger partial charge on any atom is 0.191 e. The highest BCUT2D eigenvalue weighted by Gasteiger charge is 2.26. The molecule has 0 saturated heterocycles. The molecule has 3 rings (SSSR count). The molecule has 1 heterocycles. The zero-order chi connectivity index (χ0) is 21.2. The number of nitrogens with zero attached hydrogens (tertiary/aromatic N) is 1. The Kier molecular flexibility index (Phi) is 7.51. The lowest BCUT2D eigenvalue weighted by molar-refractivity contribution is 0.0386. The Hall–Kier alpha value is -3.25. The van der Waals surface area contributed by atoms with Crippen LogP contribution in [0.3, 0.4) is 0 Å². The van der Waals surface area contributed by atoms with E-state index >= 15 is 0 Å². The third-order valence-electron chi connectivity index (χ3n) is 4.61. The molecule has 0 aliphatic heterocycles. The van der Waals surface area contributed by atoms with E-state index in [9.17, 15) is 5.11 Å². The van der Waals surface area contributed by atoms with Crippen LogP contribution in [0.15, 0.2) is 82.4 Å². The van der Waals surface area contributed by atoms with Gasteiger partial charge in [0.1, 0.15) is 23.7 Å². The van der Waals surface area contributed by atoms with E-state index in [1.165, 1.54) is 0 Å². The molecule has 0 bridgehead atoms. The first-order valence-corrected chi connectivity index (χ1v) is 10.1. The van der Waals surface area contributed by atoms with Crippen molar-refractivity contribution < 1.29 is 14.3 Å². The zero-order valence-corrected chi connectivity index (χ0v) is 17.5. The maximum absolute atomic E-state index is 10.6. The summed E-state index contributed by atoms with van der Waals surface area (Å²) in [5, 5.41) is 17.0. The largest absolute Gasteiger partial charge is 0.489 e. The van der Waals surface area contributed by atoms with Gasteiger partial charge in [0.15, 0.2) is 5.96 Å². The first-order valence-electron chi connectivity index (χ1n) is 10.1. The van der Waals surface area contributed by atoms with Crippen LogP contribution in [0.4, 0.5) is 0 Å². The van der Waals surface area contributed by atoms with Crippen molar-refractivity contribution in [3.63, 3.8) is 0 Å².